The van der Waals surface area contributed by atoms with E-state index < -0.39 is 28.5 Å². The van der Waals surface area contributed by atoms with Gasteiger partial charge >= 0.3 is 0 Å². The topological polar surface area (TPSA) is 86.8 Å². The summed E-state index contributed by atoms with van der Waals surface area (Å²) >= 11 is 0. The van der Waals surface area contributed by atoms with E-state index >= 15 is 0 Å². The zero-order valence-electron chi connectivity index (χ0n) is 22.7. The van der Waals surface area contributed by atoms with Gasteiger partial charge in [-0.2, -0.15) is 0 Å². The van der Waals surface area contributed by atoms with E-state index in [9.17, 15) is 18.0 Å². The molecule has 8 heteroatoms. The van der Waals surface area contributed by atoms with Crippen LogP contribution in [0.2, 0.25) is 0 Å². The summed E-state index contributed by atoms with van der Waals surface area (Å²) in [4.78, 5) is 28.6. The third-order valence-electron chi connectivity index (χ3n) is 6.45. The predicted molar refractivity (Wildman–Crippen MR) is 151 cm³/mol. The number of nitrogens with one attached hydrogen (secondary N) is 1. The summed E-state index contributed by atoms with van der Waals surface area (Å²) in [6, 6.07) is 22.0. The van der Waals surface area contributed by atoms with Gasteiger partial charge in [0.2, 0.25) is 11.8 Å². The molecule has 0 bridgehead atoms. The van der Waals surface area contributed by atoms with Crippen LogP contribution in [0.4, 0.5) is 5.69 Å². The minimum atomic E-state index is -4.07. The van der Waals surface area contributed by atoms with E-state index in [1.54, 1.807) is 50.2 Å². The first-order valence-electron chi connectivity index (χ1n) is 12.8. The molecule has 3 aromatic rings. The molecule has 0 aliphatic carbocycles. The van der Waals surface area contributed by atoms with Crippen molar-refractivity contribution >= 4 is 27.5 Å². The SMILES string of the molecule is Cc1ccccc1CN(C(=O)CN(c1ccccc1C)S(=O)(=O)c1ccccc1)[C@H](C)C(=O)NCC(C)C. The predicted octanol–water partition coefficient (Wildman–Crippen LogP) is 4.69. The van der Waals surface area contributed by atoms with Crippen LogP contribution < -0.4 is 9.62 Å². The first-order valence-corrected chi connectivity index (χ1v) is 14.2. The first-order chi connectivity index (χ1) is 18.0. The Morgan fingerprint density at radius 2 is 1.39 bits per heavy atom. The van der Waals surface area contributed by atoms with Gasteiger partial charge in [0.15, 0.2) is 0 Å². The van der Waals surface area contributed by atoms with Crippen LogP contribution in [0, 0.1) is 19.8 Å². The third kappa shape index (κ3) is 7.01. The summed E-state index contributed by atoms with van der Waals surface area (Å²) in [7, 11) is -4.07. The highest BCUT2D eigenvalue weighted by atomic mass is 32.2. The van der Waals surface area contributed by atoms with Crippen molar-refractivity contribution in [3.63, 3.8) is 0 Å². The van der Waals surface area contributed by atoms with Gasteiger partial charge in [-0.15, -0.1) is 0 Å². The Kier molecular flexibility index (Phi) is 9.69. The Labute approximate surface area is 226 Å². The van der Waals surface area contributed by atoms with Crippen molar-refractivity contribution < 1.29 is 18.0 Å². The van der Waals surface area contributed by atoms with E-state index in [4.69, 9.17) is 0 Å². The van der Waals surface area contributed by atoms with Gasteiger partial charge < -0.3 is 10.2 Å². The molecule has 0 fully saturated rings. The van der Waals surface area contributed by atoms with E-state index in [0.29, 0.717) is 17.8 Å². The zero-order chi connectivity index (χ0) is 27.9. The Balaban J connectivity index is 2.02. The van der Waals surface area contributed by atoms with Gasteiger partial charge in [0.05, 0.1) is 10.6 Å². The molecule has 0 unspecified atom stereocenters. The number of rotatable bonds is 11. The van der Waals surface area contributed by atoms with E-state index in [1.807, 2.05) is 51.1 Å². The maximum Gasteiger partial charge on any atom is 0.264 e. The van der Waals surface area contributed by atoms with Crippen LogP contribution in [0.5, 0.6) is 0 Å². The van der Waals surface area contributed by atoms with Gasteiger partial charge in [-0.3, -0.25) is 13.9 Å². The number of carbonyl (C=O) groups is 2. The molecule has 0 aliphatic rings. The Bertz CT molecular complexity index is 1360. The molecule has 2 amide bonds. The molecular weight excluding hydrogens is 498 g/mol. The van der Waals surface area contributed by atoms with Crippen LogP contribution in [0.1, 0.15) is 37.5 Å². The number of nitrogens with zero attached hydrogens (tertiary/aromatic N) is 2. The maximum atomic E-state index is 14.0. The molecule has 202 valence electrons. The molecule has 1 N–H and O–H groups in total. The Hall–Kier alpha value is -3.65. The monoisotopic (exact) mass is 535 g/mol. The van der Waals surface area contributed by atoms with Crippen molar-refractivity contribution in [2.24, 2.45) is 5.92 Å². The maximum absolute atomic E-state index is 14.0. The van der Waals surface area contributed by atoms with Crippen molar-refractivity contribution in [2.75, 3.05) is 17.4 Å². The van der Waals surface area contributed by atoms with Gasteiger partial charge in [0, 0.05) is 13.1 Å². The molecule has 0 saturated carbocycles. The summed E-state index contributed by atoms with van der Waals surface area (Å²) in [6.07, 6.45) is 0. The normalized spacial score (nSPS) is 12.2. The largest absolute Gasteiger partial charge is 0.354 e. The van der Waals surface area contributed by atoms with Crippen molar-refractivity contribution in [1.29, 1.82) is 0 Å². The lowest BCUT2D eigenvalue weighted by Crippen LogP contribution is -2.51. The van der Waals surface area contributed by atoms with Gasteiger partial charge in [0.25, 0.3) is 10.0 Å². The highest BCUT2D eigenvalue weighted by Gasteiger charge is 2.33. The number of anilines is 1. The molecule has 0 aliphatic heterocycles. The number of aryl methyl sites for hydroxylation is 2. The van der Waals surface area contributed by atoms with Crippen molar-refractivity contribution in [1.82, 2.24) is 10.2 Å². The number of hydrogen-bond acceptors (Lipinski definition) is 4. The number of amides is 2. The van der Waals surface area contributed by atoms with Gasteiger partial charge in [-0.25, -0.2) is 8.42 Å². The molecule has 7 nitrogen and oxygen atoms in total. The molecule has 0 spiro atoms. The van der Waals surface area contributed by atoms with Gasteiger partial charge in [-0.1, -0.05) is 74.5 Å². The second-order valence-corrected chi connectivity index (χ2v) is 11.7. The lowest BCUT2D eigenvalue weighted by molar-refractivity contribution is -0.139. The first kappa shape index (κ1) is 28.9. The fourth-order valence-corrected chi connectivity index (χ4v) is 5.58. The summed E-state index contributed by atoms with van der Waals surface area (Å²) < 4.78 is 28.8. The third-order valence-corrected chi connectivity index (χ3v) is 8.22. The number of para-hydroxylation sites is 1. The molecule has 0 aromatic heterocycles. The number of carbonyl (C=O) groups excluding carboxylic acids is 2. The van der Waals surface area contributed by atoms with E-state index in [0.717, 1.165) is 15.4 Å². The molecule has 3 rings (SSSR count). The fourth-order valence-electron chi connectivity index (χ4n) is 4.08. The Morgan fingerprint density at radius 3 is 2.00 bits per heavy atom. The van der Waals surface area contributed by atoms with Crippen LogP contribution in [0.3, 0.4) is 0 Å². The van der Waals surface area contributed by atoms with Crippen LogP contribution in [-0.2, 0) is 26.2 Å². The van der Waals surface area contributed by atoms with Gasteiger partial charge in [0.1, 0.15) is 12.6 Å². The fraction of sp³-hybridized carbons (Fsp3) is 0.333. The average molecular weight is 536 g/mol. The highest BCUT2D eigenvalue weighted by Crippen LogP contribution is 2.27. The molecule has 1 atom stereocenters. The van der Waals surface area contributed by atoms with Crippen LogP contribution in [0.25, 0.3) is 0 Å². The smallest absolute Gasteiger partial charge is 0.264 e. The van der Waals surface area contributed by atoms with Crippen molar-refractivity contribution in [3.05, 3.63) is 95.6 Å². The van der Waals surface area contributed by atoms with E-state index in [2.05, 4.69) is 5.32 Å². The van der Waals surface area contributed by atoms with Crippen LogP contribution in [-0.4, -0.2) is 44.3 Å². The minimum Gasteiger partial charge on any atom is -0.354 e. The molecule has 0 radical (unpaired) electrons. The lowest BCUT2D eigenvalue weighted by Gasteiger charge is -2.32. The highest BCUT2D eigenvalue weighted by molar-refractivity contribution is 7.92. The number of benzene rings is 3. The molecule has 38 heavy (non-hydrogen) atoms. The molecule has 0 saturated heterocycles. The summed E-state index contributed by atoms with van der Waals surface area (Å²) in [5, 5.41) is 2.90. The second-order valence-electron chi connectivity index (χ2n) is 9.87. The lowest BCUT2D eigenvalue weighted by atomic mass is 10.1. The second kappa shape index (κ2) is 12.7. The average Bonchev–Trinajstić information content (AvgIpc) is 2.90. The summed E-state index contributed by atoms with van der Waals surface area (Å²) in [5.74, 6) is -0.503. The number of sulfonamides is 1. The van der Waals surface area contributed by atoms with Crippen LogP contribution in [0.15, 0.2) is 83.8 Å². The Morgan fingerprint density at radius 1 is 0.816 bits per heavy atom. The summed E-state index contributed by atoms with van der Waals surface area (Å²) in [6.45, 7) is 9.63. The molecule has 0 heterocycles. The van der Waals surface area contributed by atoms with E-state index in [1.165, 1.54) is 17.0 Å². The van der Waals surface area contributed by atoms with Crippen molar-refractivity contribution in [3.8, 4) is 0 Å². The van der Waals surface area contributed by atoms with E-state index in [-0.39, 0.29) is 23.3 Å². The molecular formula is C30H37N3O4S. The van der Waals surface area contributed by atoms with Crippen molar-refractivity contribution in [2.45, 2.75) is 52.1 Å². The van der Waals surface area contributed by atoms with Crippen LogP contribution >= 0.6 is 0 Å². The molecule has 3 aromatic carbocycles. The van der Waals surface area contributed by atoms with Gasteiger partial charge in [-0.05, 0) is 61.6 Å². The number of hydrogen-bond donors (Lipinski definition) is 1. The minimum absolute atomic E-state index is 0.0873. The quantitative estimate of drug-likeness (QED) is 0.386. The zero-order valence-corrected chi connectivity index (χ0v) is 23.5. The summed E-state index contributed by atoms with van der Waals surface area (Å²) in [5.41, 5.74) is 3.00. The standard InChI is InChI=1S/C30H37N3O4S/c1-22(2)19-31-30(35)25(5)32(20-26-15-11-9-13-23(26)3)29(34)21-33(28-18-12-10-14-24(28)4)38(36,37)27-16-7-6-8-17-27/h6-18,22,25H,19-21H2,1-5H3,(H,31,35)/t25-/m1/s1.